The highest BCUT2D eigenvalue weighted by Crippen LogP contribution is 2.58. The summed E-state index contributed by atoms with van der Waals surface area (Å²) in [5, 5.41) is 32.4. The number of aliphatic hydroxyl groups is 1. The van der Waals surface area contributed by atoms with Crippen molar-refractivity contribution in [2.75, 3.05) is 33.0 Å². The molecule has 2 aliphatic heterocycles. The molecule has 12 rings (SSSR count). The highest BCUT2D eigenvalue weighted by Gasteiger charge is 2.69. The van der Waals surface area contributed by atoms with Crippen LogP contribution in [0.1, 0.15) is 48.1 Å². The van der Waals surface area contributed by atoms with E-state index in [1.807, 2.05) is 6.92 Å². The quantitative estimate of drug-likeness (QED) is 0.0284. The Morgan fingerprint density at radius 3 is 1.26 bits per heavy atom. The summed E-state index contributed by atoms with van der Waals surface area (Å²) >= 11 is 3.10. The van der Waals surface area contributed by atoms with E-state index in [9.17, 15) is 66.6 Å². The van der Waals surface area contributed by atoms with Crippen molar-refractivity contribution in [3.05, 3.63) is 268 Å². The first-order valence-corrected chi connectivity index (χ1v) is 30.4. The van der Waals surface area contributed by atoms with Gasteiger partial charge >= 0.3 is 37.2 Å². The van der Waals surface area contributed by atoms with Gasteiger partial charge in [0, 0.05) is 69.1 Å². The summed E-state index contributed by atoms with van der Waals surface area (Å²) < 4.78 is 272. The Morgan fingerprint density at radius 1 is 0.510 bits per heavy atom. The maximum absolute atomic E-state index is 15.8. The van der Waals surface area contributed by atoms with E-state index in [1.165, 1.54) is 72.9 Å². The van der Waals surface area contributed by atoms with Gasteiger partial charge in [-0.1, -0.05) is 56.0 Å². The van der Waals surface area contributed by atoms with Gasteiger partial charge in [-0.25, -0.2) is 36.0 Å². The number of pyridine rings is 3. The summed E-state index contributed by atoms with van der Waals surface area (Å²) in [5.74, 6) is -17.1. The van der Waals surface area contributed by atoms with E-state index in [0.717, 1.165) is 84.0 Å². The molecule has 0 saturated carbocycles. The van der Waals surface area contributed by atoms with E-state index in [4.69, 9.17) is 24.3 Å². The van der Waals surface area contributed by atoms with Crippen LogP contribution in [0.25, 0.3) is 22.3 Å². The van der Waals surface area contributed by atoms with Gasteiger partial charge in [0.1, 0.15) is 81.9 Å². The Hall–Kier alpha value is -9.18. The molecule has 6 aromatic carbocycles. The third-order valence-electron chi connectivity index (χ3n) is 15.3. The lowest BCUT2D eigenvalue weighted by Gasteiger charge is -2.36. The zero-order valence-corrected chi connectivity index (χ0v) is 55.8. The molecule has 14 nitrogen and oxygen atoms in total. The minimum absolute atomic E-state index is 0. The summed E-state index contributed by atoms with van der Waals surface area (Å²) in [7, 11) is -1.40. The van der Waals surface area contributed by atoms with Crippen molar-refractivity contribution in [2.24, 2.45) is 0 Å². The summed E-state index contributed by atoms with van der Waals surface area (Å²) in [6.45, 7) is -2.16. The first-order valence-electron chi connectivity index (χ1n) is 29.6. The SMILES string of the molecule is C.CCOc1ccc(B(O)O)cc1.Fc1ccc(C2(C(F)(F)c3ccc(-c4ccc(OCC(F)(F)F)cc4)cn3)CO2)c(F)c1.Fc1ccc(C2(C(F)(F)c3ccc(Br)cn3)CO2)c(F)c1.OC(Cn1cncn1)(c1ccc(F)cc1F)C(F)(F)c1ccc(-c2ccc(OCC(F)(F)F)cc2)cn1.P. The summed E-state index contributed by atoms with van der Waals surface area (Å²) in [6.07, 6.45) is -3.45. The fraction of sp³-hybridized carbons (Fsp3) is 0.232. The maximum Gasteiger partial charge on any atom is 0.488 e. The Morgan fingerprint density at radius 2 is 0.904 bits per heavy atom. The summed E-state index contributed by atoms with van der Waals surface area (Å²) in [6, 6.07) is 31.3. The Labute approximate surface area is 592 Å². The van der Waals surface area contributed by atoms with Crippen molar-refractivity contribution in [2.45, 2.75) is 67.8 Å². The molecule has 4 atom stereocenters. The number of hydrogen-bond donors (Lipinski definition) is 3. The van der Waals surface area contributed by atoms with E-state index in [0.29, 0.717) is 63.1 Å². The second-order valence-corrected chi connectivity index (χ2v) is 23.2. The van der Waals surface area contributed by atoms with Gasteiger partial charge in [0.05, 0.1) is 26.4 Å². The molecule has 6 heterocycles. The van der Waals surface area contributed by atoms with Crippen LogP contribution in [0.2, 0.25) is 0 Å². The van der Waals surface area contributed by atoms with Crippen molar-refractivity contribution >= 4 is 38.4 Å². The smallest absolute Gasteiger partial charge is 0.488 e. The van der Waals surface area contributed by atoms with Crippen LogP contribution in [0.3, 0.4) is 0 Å². The molecule has 0 bridgehead atoms. The molecule has 2 saturated heterocycles. The fourth-order valence-corrected chi connectivity index (χ4v) is 10.2. The Kier molecular flexibility index (Phi) is 26.3. The number of aromatic nitrogens is 6. The van der Waals surface area contributed by atoms with Gasteiger partial charge in [-0.2, -0.15) is 67.7 Å². The van der Waals surface area contributed by atoms with E-state index < -0.39 is 144 Å². The highest BCUT2D eigenvalue weighted by atomic mass is 79.9. The van der Waals surface area contributed by atoms with Crippen molar-refractivity contribution in [1.29, 1.82) is 0 Å². The number of rotatable bonds is 20. The predicted molar refractivity (Wildman–Crippen MR) is 350 cm³/mol. The van der Waals surface area contributed by atoms with Gasteiger partial charge in [-0.15, -0.1) is 0 Å². The Balaban J connectivity index is 0.000000205. The summed E-state index contributed by atoms with van der Waals surface area (Å²) in [5.41, 5.74) is -9.35. The maximum atomic E-state index is 15.8. The molecule has 35 heteroatoms. The van der Waals surface area contributed by atoms with Crippen LogP contribution in [-0.4, -0.2) is 97.4 Å². The van der Waals surface area contributed by atoms with Crippen molar-refractivity contribution < 1.29 is 118 Å². The monoisotopic (exact) mass is 1560 g/mol. The Bertz CT molecular complexity index is 4440. The molecular formula is C69H57BBrF18N6O8P. The van der Waals surface area contributed by atoms with Crippen LogP contribution >= 0.6 is 25.8 Å². The van der Waals surface area contributed by atoms with E-state index in [-0.39, 0.29) is 41.0 Å². The lowest BCUT2D eigenvalue weighted by atomic mass is 9.80. The van der Waals surface area contributed by atoms with Gasteiger partial charge in [-0.05, 0) is 137 Å². The number of nitrogens with zero attached hydrogens (tertiary/aromatic N) is 6. The van der Waals surface area contributed by atoms with E-state index in [2.05, 4.69) is 50.4 Å². The second kappa shape index (κ2) is 33.3. The molecule has 0 aliphatic carbocycles. The van der Waals surface area contributed by atoms with Crippen LogP contribution in [0.4, 0.5) is 79.0 Å². The molecule has 10 aromatic rings. The average molecular weight is 1560 g/mol. The fourth-order valence-electron chi connectivity index (χ4n) is 9.93. The first-order chi connectivity index (χ1) is 48.0. The second-order valence-electron chi connectivity index (χ2n) is 22.2. The molecule has 0 amide bonds. The minimum atomic E-state index is -4.50. The zero-order chi connectivity index (χ0) is 74.2. The molecular weight excluding hydrogens is 1500 g/mol. The zero-order valence-electron chi connectivity index (χ0n) is 52.7. The number of benzene rings is 6. The standard InChI is InChI=1S/C24H17F7N4O2.C22H14F7NO2.C14H8BrF4NO.C8H11BO3.CH4.H3P/c25-17-4-7-19(20(26)9-17)22(36,11-35-14-32-13-34-35)24(30,31)21-8-3-16(10-33-21)15-1-5-18(6-2-15)37-12-23(27,28)29;23-15-4-7-17(18(24)9-15)20(11-32-20)22(28,29)19-8-3-14(10-30-19)13-1-5-16(6-2-13)31-12-21(25,26)27;15-8-1-4-12(20-6-8)14(18,19)13(7-21-13)10-3-2-9(16)5-11(10)17;1-2-12-8-5-3-7(4-6-8)9(10)11;;/h1-10,13-14,36H,11-12H2;1-10H,11-12H2;1-6H,7H2;3-6,10-11H,2H2,1H3;1H4;1H3. The number of alkyl halides is 12. The molecule has 2 aliphatic rings. The third-order valence-corrected chi connectivity index (χ3v) is 15.7. The molecule has 2 fully saturated rings. The molecule has 104 heavy (non-hydrogen) atoms. The van der Waals surface area contributed by atoms with E-state index in [1.54, 1.807) is 24.3 Å². The molecule has 0 spiro atoms. The molecule has 4 aromatic heterocycles. The molecule has 0 radical (unpaired) electrons. The third kappa shape index (κ3) is 19.2. The van der Waals surface area contributed by atoms with Gasteiger partial charge < -0.3 is 38.8 Å². The summed E-state index contributed by atoms with van der Waals surface area (Å²) in [4.78, 5) is 14.8. The van der Waals surface area contributed by atoms with Gasteiger partial charge in [-0.3, -0.25) is 15.0 Å². The van der Waals surface area contributed by atoms with Crippen LogP contribution in [0, 0.1) is 34.9 Å². The molecule has 3 N–H and O–H groups in total. The number of hydrogen-bond acceptors (Lipinski definition) is 13. The van der Waals surface area contributed by atoms with Gasteiger partial charge in [0.25, 0.3) is 0 Å². The predicted octanol–water partition coefficient (Wildman–Crippen LogP) is 15.8. The largest absolute Gasteiger partial charge is 0.494 e. The first kappa shape index (κ1) is 82.1. The van der Waals surface area contributed by atoms with Crippen molar-refractivity contribution in [1.82, 2.24) is 29.7 Å². The van der Waals surface area contributed by atoms with Crippen LogP contribution in [0.5, 0.6) is 17.2 Å². The normalized spacial score (nSPS) is 16.0. The highest BCUT2D eigenvalue weighted by molar-refractivity contribution is 9.10. The lowest BCUT2D eigenvalue weighted by Crippen LogP contribution is -2.48. The van der Waals surface area contributed by atoms with Gasteiger partial charge in [0.15, 0.2) is 30.0 Å². The van der Waals surface area contributed by atoms with Crippen LogP contribution in [0.15, 0.2) is 200 Å². The lowest BCUT2D eigenvalue weighted by molar-refractivity contribution is -0.207. The number of epoxide rings is 2. The van der Waals surface area contributed by atoms with Crippen molar-refractivity contribution in [3.8, 4) is 39.5 Å². The number of ether oxygens (including phenoxy) is 5. The van der Waals surface area contributed by atoms with E-state index >= 15 is 17.6 Å². The van der Waals surface area contributed by atoms with Gasteiger partial charge in [0.2, 0.25) is 0 Å². The van der Waals surface area contributed by atoms with Crippen molar-refractivity contribution in [3.63, 3.8) is 0 Å². The van der Waals surface area contributed by atoms with Crippen LogP contribution in [-0.2, 0) is 50.6 Å². The molecule has 4 unspecified atom stereocenters. The number of halogens is 19. The average Bonchev–Trinajstić information content (AvgIpc) is 1.51. The molecule has 552 valence electrons. The van der Waals surface area contributed by atoms with Crippen LogP contribution < -0.4 is 19.7 Å². The topological polar surface area (TPSA) is 183 Å². The minimum Gasteiger partial charge on any atom is -0.494 e.